The van der Waals surface area contributed by atoms with Gasteiger partial charge in [-0.2, -0.15) is 0 Å². The van der Waals surface area contributed by atoms with E-state index in [1.165, 1.54) is 0 Å². The fourth-order valence-corrected chi connectivity index (χ4v) is 3.95. The van der Waals surface area contributed by atoms with Gasteiger partial charge in [-0.15, -0.1) is 0 Å². The third-order valence-corrected chi connectivity index (χ3v) is 5.54. The number of amides is 3. The Balaban J connectivity index is 1.32. The van der Waals surface area contributed by atoms with Crippen molar-refractivity contribution in [2.45, 2.75) is 25.7 Å². The number of carbonyl (C=O) groups is 2. The third-order valence-electron chi connectivity index (χ3n) is 5.54. The number of nitrogens with one attached hydrogen (secondary N) is 1. The number of hydrogen-bond acceptors (Lipinski definition) is 3. The van der Waals surface area contributed by atoms with Gasteiger partial charge in [0.15, 0.2) is 0 Å². The van der Waals surface area contributed by atoms with E-state index in [-0.39, 0.29) is 17.9 Å². The highest BCUT2D eigenvalue weighted by Crippen LogP contribution is 2.24. The molecule has 29 heavy (non-hydrogen) atoms. The minimum absolute atomic E-state index is 0.0272. The van der Waals surface area contributed by atoms with Gasteiger partial charge in [0.25, 0.3) is 0 Å². The maximum atomic E-state index is 12.7. The molecule has 2 aromatic carbocycles. The summed E-state index contributed by atoms with van der Waals surface area (Å²) in [6, 6.07) is 17.0. The smallest absolute Gasteiger partial charge is 0.320 e. The average molecular weight is 393 g/mol. The summed E-state index contributed by atoms with van der Waals surface area (Å²) in [5, 5.41) is 2.99. The highest BCUT2D eigenvalue weighted by molar-refractivity contribution is 5.93. The number of urea groups is 1. The molecule has 0 aromatic heterocycles. The Hall–Kier alpha value is -3.02. The van der Waals surface area contributed by atoms with Crippen LogP contribution in [0.2, 0.25) is 0 Å². The summed E-state index contributed by atoms with van der Waals surface area (Å²) in [5.41, 5.74) is 0.735. The van der Waals surface area contributed by atoms with E-state index in [0.717, 1.165) is 56.8 Å². The van der Waals surface area contributed by atoms with Crippen LogP contribution in [0.4, 0.5) is 10.5 Å². The number of hydrogen-bond donors (Lipinski definition) is 1. The maximum absolute atomic E-state index is 12.7. The quantitative estimate of drug-likeness (QED) is 0.840. The molecule has 2 aliphatic rings. The first-order valence-corrected chi connectivity index (χ1v) is 10.4. The van der Waals surface area contributed by atoms with Gasteiger partial charge in [-0.1, -0.05) is 18.2 Å². The lowest BCUT2D eigenvalue weighted by Gasteiger charge is -2.34. The Bertz CT molecular complexity index is 832. The van der Waals surface area contributed by atoms with E-state index in [4.69, 9.17) is 4.74 Å². The van der Waals surface area contributed by atoms with Crippen molar-refractivity contribution < 1.29 is 14.3 Å². The van der Waals surface area contributed by atoms with Gasteiger partial charge in [-0.05, 0) is 62.1 Å². The first kappa shape index (κ1) is 19.3. The first-order valence-electron chi connectivity index (χ1n) is 10.4. The molecule has 6 heteroatoms. The van der Waals surface area contributed by atoms with E-state index >= 15 is 0 Å². The molecule has 152 valence electrons. The number of carbonyl (C=O) groups excluding carboxylic acids is 2. The fourth-order valence-electron chi connectivity index (χ4n) is 3.95. The lowest BCUT2D eigenvalue weighted by molar-refractivity contribution is -0.121. The minimum Gasteiger partial charge on any atom is -0.457 e. The Labute approximate surface area is 171 Å². The van der Waals surface area contributed by atoms with Crippen molar-refractivity contribution >= 4 is 17.6 Å². The van der Waals surface area contributed by atoms with E-state index in [2.05, 4.69) is 5.32 Å². The second kappa shape index (κ2) is 8.99. The minimum atomic E-state index is -0.171. The summed E-state index contributed by atoms with van der Waals surface area (Å²) in [4.78, 5) is 29.1. The van der Waals surface area contributed by atoms with E-state index in [1.54, 1.807) is 0 Å². The molecule has 2 aliphatic heterocycles. The molecule has 2 saturated heterocycles. The van der Waals surface area contributed by atoms with Crippen LogP contribution in [0.15, 0.2) is 54.6 Å². The monoisotopic (exact) mass is 393 g/mol. The number of nitrogens with zero attached hydrogens (tertiary/aromatic N) is 2. The molecule has 0 radical (unpaired) electrons. The molecule has 0 aliphatic carbocycles. The number of rotatable bonds is 4. The molecule has 0 spiro atoms. The molecule has 2 heterocycles. The SMILES string of the molecule is O=C(Nc1ccc(Oc2ccccc2)cc1)C1CCCN(C(=O)N2CCCC2)C1. The summed E-state index contributed by atoms with van der Waals surface area (Å²) in [7, 11) is 0. The predicted molar refractivity (Wildman–Crippen MR) is 112 cm³/mol. The molecule has 0 bridgehead atoms. The third kappa shape index (κ3) is 4.88. The Kier molecular flexibility index (Phi) is 5.98. The second-order valence-corrected chi connectivity index (χ2v) is 7.69. The maximum Gasteiger partial charge on any atom is 0.320 e. The highest BCUT2D eigenvalue weighted by Gasteiger charge is 2.31. The number of para-hydroxylation sites is 1. The van der Waals surface area contributed by atoms with E-state index in [1.807, 2.05) is 64.4 Å². The Morgan fingerprint density at radius 1 is 0.828 bits per heavy atom. The Morgan fingerprint density at radius 3 is 2.21 bits per heavy atom. The van der Waals surface area contributed by atoms with E-state index in [0.29, 0.717) is 12.3 Å². The van der Waals surface area contributed by atoms with Gasteiger partial charge < -0.3 is 19.9 Å². The lowest BCUT2D eigenvalue weighted by atomic mass is 9.97. The number of likely N-dealkylation sites (tertiary alicyclic amines) is 2. The zero-order valence-electron chi connectivity index (χ0n) is 16.5. The van der Waals surface area contributed by atoms with Crippen molar-refractivity contribution in [2.24, 2.45) is 5.92 Å². The van der Waals surface area contributed by atoms with Crippen LogP contribution >= 0.6 is 0 Å². The topological polar surface area (TPSA) is 61.9 Å². The van der Waals surface area contributed by atoms with Crippen LogP contribution < -0.4 is 10.1 Å². The number of ether oxygens (including phenoxy) is 1. The van der Waals surface area contributed by atoms with Gasteiger partial charge in [-0.3, -0.25) is 4.79 Å². The van der Waals surface area contributed by atoms with Crippen LogP contribution in [0.1, 0.15) is 25.7 Å². The molecule has 6 nitrogen and oxygen atoms in total. The molecule has 2 aromatic rings. The van der Waals surface area contributed by atoms with Gasteiger partial charge in [0.05, 0.1) is 5.92 Å². The largest absolute Gasteiger partial charge is 0.457 e. The normalized spacial score (nSPS) is 19.1. The van der Waals surface area contributed by atoms with Gasteiger partial charge in [0.2, 0.25) is 5.91 Å². The molecule has 0 saturated carbocycles. The van der Waals surface area contributed by atoms with Crippen molar-refractivity contribution in [3.05, 3.63) is 54.6 Å². The van der Waals surface area contributed by atoms with Crippen LogP contribution in [-0.2, 0) is 4.79 Å². The molecular formula is C23H27N3O3. The predicted octanol–water partition coefficient (Wildman–Crippen LogP) is 4.35. The van der Waals surface area contributed by atoms with E-state index in [9.17, 15) is 9.59 Å². The number of benzene rings is 2. The van der Waals surface area contributed by atoms with Crippen molar-refractivity contribution in [3.8, 4) is 11.5 Å². The molecule has 1 atom stereocenters. The van der Waals surface area contributed by atoms with Gasteiger partial charge in [0.1, 0.15) is 11.5 Å². The van der Waals surface area contributed by atoms with Crippen LogP contribution in [0.5, 0.6) is 11.5 Å². The summed E-state index contributed by atoms with van der Waals surface area (Å²) >= 11 is 0. The van der Waals surface area contributed by atoms with E-state index < -0.39 is 0 Å². The summed E-state index contributed by atoms with van der Waals surface area (Å²) < 4.78 is 5.78. The van der Waals surface area contributed by atoms with Crippen molar-refractivity contribution in [2.75, 3.05) is 31.5 Å². The van der Waals surface area contributed by atoms with Gasteiger partial charge >= 0.3 is 6.03 Å². The van der Waals surface area contributed by atoms with Gasteiger partial charge in [0, 0.05) is 31.9 Å². The standard InChI is InChI=1S/C23H27N3O3/c27-22(18-7-6-16-26(17-18)23(28)25-14-4-5-15-25)24-19-10-12-21(13-11-19)29-20-8-2-1-3-9-20/h1-3,8-13,18H,4-7,14-17H2,(H,24,27). The Morgan fingerprint density at radius 2 is 1.48 bits per heavy atom. The van der Waals surface area contributed by atoms with Crippen LogP contribution in [-0.4, -0.2) is 47.9 Å². The summed E-state index contributed by atoms with van der Waals surface area (Å²) in [6.45, 7) is 2.91. The van der Waals surface area contributed by atoms with Crippen molar-refractivity contribution in [1.29, 1.82) is 0 Å². The molecule has 3 amide bonds. The first-order chi connectivity index (χ1) is 14.2. The average Bonchev–Trinajstić information content (AvgIpc) is 3.30. The molecule has 4 rings (SSSR count). The second-order valence-electron chi connectivity index (χ2n) is 7.69. The molecule has 2 fully saturated rings. The summed E-state index contributed by atoms with van der Waals surface area (Å²) in [5.74, 6) is 1.29. The van der Waals surface area contributed by atoms with Crippen molar-refractivity contribution in [1.82, 2.24) is 9.80 Å². The summed E-state index contributed by atoms with van der Waals surface area (Å²) in [6.07, 6.45) is 3.83. The lowest BCUT2D eigenvalue weighted by Crippen LogP contribution is -2.48. The number of anilines is 1. The molecule has 1 N–H and O–H groups in total. The van der Waals surface area contributed by atoms with Crippen LogP contribution in [0.25, 0.3) is 0 Å². The zero-order valence-corrected chi connectivity index (χ0v) is 16.5. The van der Waals surface area contributed by atoms with Crippen LogP contribution in [0, 0.1) is 5.92 Å². The molecule has 1 unspecified atom stereocenters. The van der Waals surface area contributed by atoms with Crippen molar-refractivity contribution in [3.63, 3.8) is 0 Å². The highest BCUT2D eigenvalue weighted by atomic mass is 16.5. The zero-order chi connectivity index (χ0) is 20.1. The molecular weight excluding hydrogens is 366 g/mol. The van der Waals surface area contributed by atoms with Crippen LogP contribution in [0.3, 0.4) is 0 Å². The fraction of sp³-hybridized carbons (Fsp3) is 0.391. The number of piperidine rings is 1. The van der Waals surface area contributed by atoms with Gasteiger partial charge in [-0.25, -0.2) is 4.79 Å².